The van der Waals surface area contributed by atoms with Crippen molar-refractivity contribution in [2.75, 3.05) is 20.1 Å². The van der Waals surface area contributed by atoms with Crippen LogP contribution in [0.15, 0.2) is 35.3 Å². The molecule has 0 radical (unpaired) electrons. The molecule has 8 nitrogen and oxygen atoms in total. The average molecular weight is 430 g/mol. The van der Waals surface area contributed by atoms with E-state index in [2.05, 4.69) is 10.3 Å². The molecule has 1 saturated carbocycles. The Labute approximate surface area is 184 Å². The first-order valence-corrected chi connectivity index (χ1v) is 11.0. The molecule has 5 N–H and O–H groups in total. The Bertz CT molecular complexity index is 749. The molecule has 0 spiro atoms. The van der Waals surface area contributed by atoms with Crippen molar-refractivity contribution in [3.63, 3.8) is 0 Å². The lowest BCUT2D eigenvalue weighted by Gasteiger charge is -2.33. The fourth-order valence-corrected chi connectivity index (χ4v) is 4.06. The second-order valence-corrected chi connectivity index (χ2v) is 8.19. The Morgan fingerprint density at radius 1 is 1.19 bits per heavy atom. The molecule has 0 aromatic heterocycles. The smallest absolute Gasteiger partial charge is 0.226 e. The van der Waals surface area contributed by atoms with Gasteiger partial charge in [-0.3, -0.25) is 14.6 Å². The van der Waals surface area contributed by atoms with Gasteiger partial charge in [0.2, 0.25) is 11.8 Å². The van der Waals surface area contributed by atoms with Crippen molar-refractivity contribution in [3.05, 3.63) is 35.9 Å². The van der Waals surface area contributed by atoms with E-state index in [1.54, 1.807) is 11.9 Å². The van der Waals surface area contributed by atoms with Crippen LogP contribution in [-0.2, 0) is 20.8 Å². The number of nitrogens with zero attached hydrogens (tertiary/aromatic N) is 2. The summed E-state index contributed by atoms with van der Waals surface area (Å²) in [6.07, 6.45) is 5.74. The van der Waals surface area contributed by atoms with Gasteiger partial charge in [-0.1, -0.05) is 43.2 Å². The zero-order valence-electron chi connectivity index (χ0n) is 18.3. The number of carbonyl (C=O) groups is 3. The molecule has 1 aromatic carbocycles. The standard InChI is InChI=1S/C23H35N5O3/c1-28(15-13-17-8-3-2-4-9-17)22(31)20-12-6-5-11-19(20)21(30)27-18(16-29)10-7-14-26-23(24)25/h2-4,8-9,16,18-20H,5-7,10-15H2,1H3,(H,27,30)(H4,24,25,26)/t18-,19-,20-/m1/s1. The monoisotopic (exact) mass is 429 g/mol. The van der Waals surface area contributed by atoms with Crippen molar-refractivity contribution in [2.45, 2.75) is 51.0 Å². The third-order valence-electron chi connectivity index (χ3n) is 5.83. The highest BCUT2D eigenvalue weighted by molar-refractivity contribution is 5.89. The molecule has 0 saturated heterocycles. The van der Waals surface area contributed by atoms with Gasteiger partial charge in [0.15, 0.2) is 5.96 Å². The first-order valence-electron chi connectivity index (χ1n) is 11.0. The second-order valence-electron chi connectivity index (χ2n) is 8.19. The minimum atomic E-state index is -0.602. The third-order valence-corrected chi connectivity index (χ3v) is 5.83. The Balaban J connectivity index is 1.91. The topological polar surface area (TPSA) is 131 Å². The molecule has 1 aromatic rings. The third kappa shape index (κ3) is 8.03. The van der Waals surface area contributed by atoms with Gasteiger partial charge in [0.05, 0.1) is 6.04 Å². The molecule has 0 bridgehead atoms. The van der Waals surface area contributed by atoms with Gasteiger partial charge in [-0.05, 0) is 37.7 Å². The van der Waals surface area contributed by atoms with E-state index in [-0.39, 0.29) is 23.7 Å². The predicted octanol–water partition coefficient (Wildman–Crippen LogP) is 1.23. The van der Waals surface area contributed by atoms with E-state index in [0.29, 0.717) is 38.8 Å². The van der Waals surface area contributed by atoms with E-state index in [1.165, 1.54) is 5.56 Å². The summed E-state index contributed by atoms with van der Waals surface area (Å²) in [5.74, 6) is -0.949. The van der Waals surface area contributed by atoms with Crippen LogP contribution in [0.4, 0.5) is 0 Å². The molecule has 1 fully saturated rings. The Morgan fingerprint density at radius 3 is 2.52 bits per heavy atom. The Morgan fingerprint density at radius 2 is 1.87 bits per heavy atom. The van der Waals surface area contributed by atoms with Gasteiger partial charge < -0.3 is 26.5 Å². The van der Waals surface area contributed by atoms with Gasteiger partial charge >= 0.3 is 0 Å². The summed E-state index contributed by atoms with van der Waals surface area (Å²) >= 11 is 0. The highest BCUT2D eigenvalue weighted by Gasteiger charge is 2.37. The lowest BCUT2D eigenvalue weighted by Crippen LogP contribution is -2.47. The van der Waals surface area contributed by atoms with Crippen molar-refractivity contribution in [1.29, 1.82) is 0 Å². The summed E-state index contributed by atoms with van der Waals surface area (Å²) in [4.78, 5) is 43.1. The van der Waals surface area contributed by atoms with Crippen LogP contribution in [0.3, 0.4) is 0 Å². The molecule has 1 aliphatic carbocycles. The lowest BCUT2D eigenvalue weighted by atomic mass is 9.77. The maximum Gasteiger partial charge on any atom is 0.226 e. The highest BCUT2D eigenvalue weighted by Crippen LogP contribution is 2.31. The van der Waals surface area contributed by atoms with E-state index in [0.717, 1.165) is 25.5 Å². The van der Waals surface area contributed by atoms with Gasteiger partial charge in [0.1, 0.15) is 6.29 Å². The molecule has 2 rings (SSSR count). The van der Waals surface area contributed by atoms with E-state index in [4.69, 9.17) is 11.5 Å². The molecule has 3 atom stereocenters. The van der Waals surface area contributed by atoms with Gasteiger partial charge in [0.25, 0.3) is 0 Å². The fraction of sp³-hybridized carbons (Fsp3) is 0.565. The lowest BCUT2D eigenvalue weighted by molar-refractivity contribution is -0.143. The zero-order valence-corrected chi connectivity index (χ0v) is 18.3. The number of nitrogens with two attached hydrogens (primary N) is 2. The molecule has 31 heavy (non-hydrogen) atoms. The van der Waals surface area contributed by atoms with Crippen LogP contribution in [0.1, 0.15) is 44.1 Å². The van der Waals surface area contributed by atoms with E-state index < -0.39 is 12.0 Å². The van der Waals surface area contributed by atoms with E-state index in [1.807, 2.05) is 30.3 Å². The maximum atomic E-state index is 13.1. The Hall–Kier alpha value is -2.90. The number of amides is 2. The first-order chi connectivity index (χ1) is 14.9. The summed E-state index contributed by atoms with van der Waals surface area (Å²) in [7, 11) is 1.80. The first kappa shape index (κ1) is 24.4. The van der Waals surface area contributed by atoms with Crippen molar-refractivity contribution >= 4 is 24.1 Å². The molecular formula is C23H35N5O3. The molecule has 0 heterocycles. The predicted molar refractivity (Wildman–Crippen MR) is 121 cm³/mol. The fourth-order valence-electron chi connectivity index (χ4n) is 4.06. The largest absolute Gasteiger partial charge is 0.370 e. The van der Waals surface area contributed by atoms with Gasteiger partial charge in [-0.15, -0.1) is 0 Å². The van der Waals surface area contributed by atoms with Crippen LogP contribution >= 0.6 is 0 Å². The quantitative estimate of drug-likeness (QED) is 0.211. The molecule has 2 amide bonds. The van der Waals surface area contributed by atoms with Crippen molar-refractivity contribution < 1.29 is 14.4 Å². The van der Waals surface area contributed by atoms with Crippen LogP contribution < -0.4 is 16.8 Å². The van der Waals surface area contributed by atoms with Crippen LogP contribution in [0, 0.1) is 11.8 Å². The number of aldehydes is 1. The van der Waals surface area contributed by atoms with Crippen molar-refractivity contribution in [3.8, 4) is 0 Å². The van der Waals surface area contributed by atoms with Gasteiger partial charge in [0, 0.05) is 32.0 Å². The number of carbonyl (C=O) groups excluding carboxylic acids is 3. The summed E-state index contributed by atoms with van der Waals surface area (Å²) in [5, 5.41) is 2.82. The maximum absolute atomic E-state index is 13.1. The van der Waals surface area contributed by atoms with Crippen LogP contribution in [0.2, 0.25) is 0 Å². The van der Waals surface area contributed by atoms with Crippen LogP contribution in [-0.4, -0.2) is 55.1 Å². The minimum absolute atomic E-state index is 0.00573. The van der Waals surface area contributed by atoms with Crippen LogP contribution in [0.25, 0.3) is 0 Å². The zero-order chi connectivity index (χ0) is 22.6. The van der Waals surface area contributed by atoms with Crippen LogP contribution in [0.5, 0.6) is 0 Å². The number of nitrogens with one attached hydrogen (secondary N) is 1. The van der Waals surface area contributed by atoms with Gasteiger partial charge in [-0.2, -0.15) is 0 Å². The molecular weight excluding hydrogens is 394 g/mol. The molecule has 8 heteroatoms. The number of rotatable bonds is 11. The molecule has 0 aliphatic heterocycles. The number of benzene rings is 1. The van der Waals surface area contributed by atoms with Crippen molar-refractivity contribution in [2.24, 2.45) is 28.3 Å². The summed E-state index contributed by atoms with van der Waals surface area (Å²) < 4.78 is 0. The minimum Gasteiger partial charge on any atom is -0.370 e. The highest BCUT2D eigenvalue weighted by atomic mass is 16.2. The molecule has 0 unspecified atom stereocenters. The molecule has 1 aliphatic rings. The van der Waals surface area contributed by atoms with E-state index >= 15 is 0 Å². The SMILES string of the molecule is CN(CCc1ccccc1)C(=O)[C@@H]1CCCC[C@H]1C(=O)N[C@@H](C=O)CCCN=C(N)N. The normalized spacial score (nSPS) is 19.1. The summed E-state index contributed by atoms with van der Waals surface area (Å²) in [6, 6.07) is 9.43. The number of hydrogen-bond acceptors (Lipinski definition) is 4. The number of guanidine groups is 1. The number of aliphatic imine (C=N–C) groups is 1. The summed E-state index contributed by atoms with van der Waals surface area (Å²) in [6.45, 7) is 1.01. The van der Waals surface area contributed by atoms with Crippen molar-refractivity contribution in [1.82, 2.24) is 10.2 Å². The molecule has 170 valence electrons. The summed E-state index contributed by atoms with van der Waals surface area (Å²) in [5.41, 5.74) is 11.8. The van der Waals surface area contributed by atoms with E-state index in [9.17, 15) is 14.4 Å². The number of likely N-dealkylation sites (N-methyl/N-ethyl adjacent to an activating group) is 1. The number of hydrogen-bond donors (Lipinski definition) is 3. The average Bonchev–Trinajstić information content (AvgIpc) is 2.79. The second kappa shape index (κ2) is 12.7. The Kier molecular flexibility index (Phi) is 10.00. The van der Waals surface area contributed by atoms with Gasteiger partial charge in [-0.25, -0.2) is 0 Å².